The zero-order chi connectivity index (χ0) is 17.5. The third-order valence-electron chi connectivity index (χ3n) is 4.24. The Bertz CT molecular complexity index is 893. The fourth-order valence-electron chi connectivity index (χ4n) is 2.96. The Morgan fingerprint density at radius 3 is 2.17 bits per heavy atom. The summed E-state index contributed by atoms with van der Waals surface area (Å²) in [6.45, 7) is 3.96. The molecule has 3 aromatic carbocycles. The van der Waals surface area contributed by atoms with E-state index in [1.165, 1.54) is 6.07 Å². The summed E-state index contributed by atoms with van der Waals surface area (Å²) in [5.74, 6) is 0. The van der Waals surface area contributed by atoms with Crippen molar-refractivity contribution in [3.63, 3.8) is 0 Å². The molecule has 0 saturated heterocycles. The summed E-state index contributed by atoms with van der Waals surface area (Å²) in [6.07, 6.45) is -3.68. The maximum absolute atomic E-state index is 13.1. The SMILES string of the molecule is CCc1c(Br)cc(-c2ccc(C)cc2)c2ccc(C(F)(F)F)cc12. The van der Waals surface area contributed by atoms with Crippen LogP contribution in [0.2, 0.25) is 0 Å². The van der Waals surface area contributed by atoms with Gasteiger partial charge in [0.25, 0.3) is 0 Å². The first-order valence-corrected chi connectivity index (χ1v) is 8.50. The Labute approximate surface area is 147 Å². The quantitative estimate of drug-likeness (QED) is 0.433. The summed E-state index contributed by atoms with van der Waals surface area (Å²) >= 11 is 3.53. The van der Waals surface area contributed by atoms with Crippen molar-refractivity contribution in [2.24, 2.45) is 0 Å². The van der Waals surface area contributed by atoms with Gasteiger partial charge in [0.1, 0.15) is 0 Å². The van der Waals surface area contributed by atoms with Gasteiger partial charge in [-0.2, -0.15) is 13.2 Å². The van der Waals surface area contributed by atoms with E-state index in [-0.39, 0.29) is 0 Å². The van der Waals surface area contributed by atoms with Crippen LogP contribution in [0.15, 0.2) is 53.0 Å². The summed E-state index contributed by atoms with van der Waals surface area (Å²) < 4.78 is 40.2. The molecule has 0 aliphatic carbocycles. The summed E-state index contributed by atoms with van der Waals surface area (Å²) in [4.78, 5) is 0. The topological polar surface area (TPSA) is 0 Å². The minimum absolute atomic E-state index is 0.613. The molecule has 0 saturated carbocycles. The molecule has 0 heterocycles. The predicted molar refractivity (Wildman–Crippen MR) is 96.2 cm³/mol. The van der Waals surface area contributed by atoms with Crippen molar-refractivity contribution in [3.05, 3.63) is 69.7 Å². The molecule has 4 heteroatoms. The average Bonchev–Trinajstić information content (AvgIpc) is 2.53. The number of hydrogen-bond donors (Lipinski definition) is 0. The maximum atomic E-state index is 13.1. The Kier molecular flexibility index (Phi) is 4.43. The molecule has 124 valence electrons. The lowest BCUT2D eigenvalue weighted by atomic mass is 9.92. The highest BCUT2D eigenvalue weighted by Gasteiger charge is 2.31. The predicted octanol–water partition coefficient (Wildman–Crippen LogP) is 7.16. The molecule has 0 unspecified atom stereocenters. The summed E-state index contributed by atoms with van der Waals surface area (Å²) in [6, 6.07) is 14.0. The smallest absolute Gasteiger partial charge is 0.166 e. The van der Waals surface area contributed by atoms with Crippen LogP contribution in [0.4, 0.5) is 13.2 Å². The molecule has 0 atom stereocenters. The molecule has 3 rings (SSSR count). The molecule has 0 fully saturated rings. The van der Waals surface area contributed by atoms with Gasteiger partial charge >= 0.3 is 6.18 Å². The zero-order valence-electron chi connectivity index (χ0n) is 13.3. The summed E-state index contributed by atoms with van der Waals surface area (Å²) in [5.41, 5.74) is 3.35. The van der Waals surface area contributed by atoms with Gasteiger partial charge < -0.3 is 0 Å². The van der Waals surface area contributed by atoms with Gasteiger partial charge in [-0.1, -0.05) is 58.7 Å². The van der Waals surface area contributed by atoms with E-state index in [9.17, 15) is 13.2 Å². The number of rotatable bonds is 2. The second kappa shape index (κ2) is 6.25. The number of fused-ring (bicyclic) bond motifs is 1. The van der Waals surface area contributed by atoms with Crippen LogP contribution in [0, 0.1) is 6.92 Å². The van der Waals surface area contributed by atoms with Gasteiger partial charge in [0, 0.05) is 4.47 Å². The maximum Gasteiger partial charge on any atom is 0.416 e. The van der Waals surface area contributed by atoms with E-state index in [1.807, 2.05) is 44.2 Å². The third-order valence-corrected chi connectivity index (χ3v) is 4.95. The number of benzene rings is 3. The lowest BCUT2D eigenvalue weighted by Crippen LogP contribution is -2.05. The largest absolute Gasteiger partial charge is 0.416 e. The molecule has 3 aromatic rings. The average molecular weight is 393 g/mol. The third kappa shape index (κ3) is 3.07. The minimum Gasteiger partial charge on any atom is -0.166 e. The number of halogens is 4. The van der Waals surface area contributed by atoms with Crippen molar-refractivity contribution < 1.29 is 13.2 Å². The number of aryl methyl sites for hydroxylation is 2. The highest BCUT2D eigenvalue weighted by atomic mass is 79.9. The molecule has 0 aliphatic rings. The van der Waals surface area contributed by atoms with E-state index in [0.717, 1.165) is 38.2 Å². The van der Waals surface area contributed by atoms with E-state index in [1.54, 1.807) is 6.07 Å². The standard InChI is InChI=1S/C20H16BrF3/c1-3-15-18-10-14(20(22,23)24)8-9-16(18)17(11-19(15)21)13-6-4-12(2)5-7-13/h4-11H,3H2,1-2H3. The first kappa shape index (κ1) is 17.0. The molecule has 0 spiro atoms. The first-order valence-electron chi connectivity index (χ1n) is 7.70. The van der Waals surface area contributed by atoms with Crippen molar-refractivity contribution >= 4 is 26.7 Å². The monoisotopic (exact) mass is 392 g/mol. The van der Waals surface area contributed by atoms with E-state index < -0.39 is 11.7 Å². The van der Waals surface area contributed by atoms with Crippen LogP contribution in [-0.2, 0) is 12.6 Å². The molecular formula is C20H16BrF3. The Balaban J connectivity index is 2.34. The van der Waals surface area contributed by atoms with Gasteiger partial charge in [-0.25, -0.2) is 0 Å². The summed E-state index contributed by atoms with van der Waals surface area (Å²) in [5, 5.41) is 1.49. The van der Waals surface area contributed by atoms with Crippen LogP contribution < -0.4 is 0 Å². The number of hydrogen-bond acceptors (Lipinski definition) is 0. The summed E-state index contributed by atoms with van der Waals surface area (Å²) in [7, 11) is 0. The molecule has 0 aromatic heterocycles. The molecule has 0 amide bonds. The van der Waals surface area contributed by atoms with Crippen molar-refractivity contribution in [2.45, 2.75) is 26.4 Å². The lowest BCUT2D eigenvalue weighted by Gasteiger charge is -2.15. The lowest BCUT2D eigenvalue weighted by molar-refractivity contribution is -0.137. The molecule has 0 radical (unpaired) electrons. The van der Waals surface area contributed by atoms with E-state index in [2.05, 4.69) is 15.9 Å². The highest BCUT2D eigenvalue weighted by Crippen LogP contribution is 2.39. The van der Waals surface area contributed by atoms with Crippen molar-refractivity contribution in [3.8, 4) is 11.1 Å². The minimum atomic E-state index is -4.34. The van der Waals surface area contributed by atoms with Crippen LogP contribution >= 0.6 is 15.9 Å². The Hall–Kier alpha value is -1.81. The van der Waals surface area contributed by atoms with Gasteiger partial charge in [-0.15, -0.1) is 0 Å². The molecule has 24 heavy (non-hydrogen) atoms. The van der Waals surface area contributed by atoms with Crippen LogP contribution in [0.1, 0.15) is 23.6 Å². The van der Waals surface area contributed by atoms with Crippen molar-refractivity contribution in [2.75, 3.05) is 0 Å². The van der Waals surface area contributed by atoms with Gasteiger partial charge in [0.05, 0.1) is 5.56 Å². The van der Waals surface area contributed by atoms with Gasteiger partial charge in [0.15, 0.2) is 0 Å². The molecule has 0 nitrogen and oxygen atoms in total. The Morgan fingerprint density at radius 2 is 1.58 bits per heavy atom. The fourth-order valence-corrected chi connectivity index (χ4v) is 3.68. The molecule has 0 N–H and O–H groups in total. The van der Waals surface area contributed by atoms with Gasteiger partial charge in [-0.3, -0.25) is 0 Å². The van der Waals surface area contributed by atoms with E-state index in [4.69, 9.17) is 0 Å². The zero-order valence-corrected chi connectivity index (χ0v) is 14.9. The van der Waals surface area contributed by atoms with Crippen molar-refractivity contribution in [1.29, 1.82) is 0 Å². The van der Waals surface area contributed by atoms with Crippen LogP contribution in [0.3, 0.4) is 0 Å². The first-order chi connectivity index (χ1) is 11.3. The van der Waals surface area contributed by atoms with Gasteiger partial charge in [-0.05, 0) is 59.0 Å². The fraction of sp³-hybridized carbons (Fsp3) is 0.200. The molecule has 0 bridgehead atoms. The molecular weight excluding hydrogens is 377 g/mol. The second-order valence-electron chi connectivity index (χ2n) is 5.86. The van der Waals surface area contributed by atoms with Crippen molar-refractivity contribution in [1.82, 2.24) is 0 Å². The number of alkyl halides is 3. The van der Waals surface area contributed by atoms with Crippen LogP contribution in [-0.4, -0.2) is 0 Å². The van der Waals surface area contributed by atoms with Crippen LogP contribution in [0.25, 0.3) is 21.9 Å². The normalized spacial score (nSPS) is 11.9. The van der Waals surface area contributed by atoms with Crippen LogP contribution in [0.5, 0.6) is 0 Å². The highest BCUT2D eigenvalue weighted by molar-refractivity contribution is 9.10. The van der Waals surface area contributed by atoms with E-state index >= 15 is 0 Å². The second-order valence-corrected chi connectivity index (χ2v) is 6.72. The van der Waals surface area contributed by atoms with E-state index in [0.29, 0.717) is 11.8 Å². The Morgan fingerprint density at radius 1 is 0.917 bits per heavy atom. The molecule has 0 aliphatic heterocycles. The van der Waals surface area contributed by atoms with Gasteiger partial charge in [0.2, 0.25) is 0 Å².